The molecule has 2 aliphatic carbocycles. The van der Waals surface area contributed by atoms with E-state index in [2.05, 4.69) is 17.6 Å². The molecule has 0 saturated carbocycles. The lowest BCUT2D eigenvalue weighted by Crippen LogP contribution is -2.30. The highest BCUT2D eigenvalue weighted by atomic mass is 32.1. The van der Waals surface area contributed by atoms with Crippen LogP contribution in [0, 0.1) is 5.92 Å². The molecule has 0 bridgehead atoms. The van der Waals surface area contributed by atoms with E-state index < -0.39 is 28.7 Å². The normalized spacial score (nSPS) is 18.0. The van der Waals surface area contributed by atoms with Crippen LogP contribution in [0.3, 0.4) is 0 Å². The molecule has 2 heterocycles. The van der Waals surface area contributed by atoms with Gasteiger partial charge in [0.25, 0.3) is 0 Å². The number of rotatable bonds is 4. The Balaban J connectivity index is 1.55. The van der Waals surface area contributed by atoms with Gasteiger partial charge in [0.15, 0.2) is 0 Å². The SMILES string of the molecule is CC1CCc2c(sc(NC(=O)NCc3c(C(F)(F)F)sc4c3CCCC4)c2C(=O)OC(C)(C)C)C1. The van der Waals surface area contributed by atoms with Crippen molar-refractivity contribution in [2.75, 3.05) is 5.32 Å². The first-order valence-electron chi connectivity index (χ1n) is 12.0. The number of carbonyl (C=O) groups excluding carboxylic acids is 2. The molecule has 2 amide bonds. The molecule has 5 nitrogen and oxygen atoms in total. The molecule has 2 aromatic heterocycles. The van der Waals surface area contributed by atoms with Gasteiger partial charge in [-0.1, -0.05) is 6.92 Å². The maximum atomic E-state index is 13.7. The van der Waals surface area contributed by atoms with Crippen molar-refractivity contribution in [3.05, 3.63) is 36.9 Å². The molecule has 2 aromatic rings. The molecule has 0 radical (unpaired) electrons. The van der Waals surface area contributed by atoms with Gasteiger partial charge in [-0.05, 0) is 88.3 Å². The van der Waals surface area contributed by atoms with E-state index in [-0.39, 0.29) is 12.1 Å². The number of hydrogen-bond acceptors (Lipinski definition) is 5. The monoisotopic (exact) mass is 528 g/mol. The predicted molar refractivity (Wildman–Crippen MR) is 132 cm³/mol. The van der Waals surface area contributed by atoms with Crippen LogP contribution >= 0.6 is 22.7 Å². The maximum absolute atomic E-state index is 13.7. The van der Waals surface area contributed by atoms with Crippen LogP contribution in [-0.4, -0.2) is 17.6 Å². The topological polar surface area (TPSA) is 67.4 Å². The first kappa shape index (κ1) is 26.0. The molecular weight excluding hydrogens is 497 g/mol. The summed E-state index contributed by atoms with van der Waals surface area (Å²) in [6.07, 6.45) is 0.992. The van der Waals surface area contributed by atoms with E-state index in [0.29, 0.717) is 29.3 Å². The minimum Gasteiger partial charge on any atom is -0.456 e. The highest BCUT2D eigenvalue weighted by Crippen LogP contribution is 2.44. The van der Waals surface area contributed by atoms with Gasteiger partial charge in [0.1, 0.15) is 15.5 Å². The van der Waals surface area contributed by atoms with Crippen LogP contribution < -0.4 is 10.6 Å². The summed E-state index contributed by atoms with van der Waals surface area (Å²) in [5.74, 6) is -0.0222. The Morgan fingerprint density at radius 3 is 2.43 bits per heavy atom. The molecule has 1 unspecified atom stereocenters. The Morgan fingerprint density at radius 1 is 1.03 bits per heavy atom. The third-order valence-corrected chi connectivity index (χ3v) is 8.85. The van der Waals surface area contributed by atoms with Crippen molar-refractivity contribution in [3.63, 3.8) is 0 Å². The molecule has 10 heteroatoms. The number of thiophene rings is 2. The summed E-state index contributed by atoms with van der Waals surface area (Å²) in [5.41, 5.74) is 1.47. The van der Waals surface area contributed by atoms with Gasteiger partial charge in [-0.15, -0.1) is 22.7 Å². The third-order valence-electron chi connectivity index (χ3n) is 6.31. The van der Waals surface area contributed by atoms with E-state index in [9.17, 15) is 22.8 Å². The van der Waals surface area contributed by atoms with Crippen LogP contribution in [-0.2, 0) is 43.1 Å². The number of ether oxygens (including phenoxy) is 1. The largest absolute Gasteiger partial charge is 0.456 e. The van der Waals surface area contributed by atoms with Gasteiger partial charge in [-0.25, -0.2) is 9.59 Å². The summed E-state index contributed by atoms with van der Waals surface area (Å²) in [6.45, 7) is 7.29. The minimum absolute atomic E-state index is 0.166. The summed E-state index contributed by atoms with van der Waals surface area (Å²) in [7, 11) is 0. The first-order chi connectivity index (χ1) is 16.3. The fraction of sp³-hybridized carbons (Fsp3) is 0.600. The Morgan fingerprint density at radius 2 is 1.74 bits per heavy atom. The predicted octanol–water partition coefficient (Wildman–Crippen LogP) is 7.11. The summed E-state index contributed by atoms with van der Waals surface area (Å²) in [4.78, 5) is 27.0. The molecule has 0 spiro atoms. The van der Waals surface area contributed by atoms with Crippen molar-refractivity contribution < 1.29 is 27.5 Å². The molecule has 2 aliphatic rings. The molecule has 0 fully saturated rings. The van der Waals surface area contributed by atoms with Crippen molar-refractivity contribution in [2.24, 2.45) is 5.92 Å². The van der Waals surface area contributed by atoms with Gasteiger partial charge in [0.2, 0.25) is 0 Å². The number of nitrogens with one attached hydrogen (secondary N) is 2. The maximum Gasteiger partial charge on any atom is 0.425 e. The molecule has 0 aliphatic heterocycles. The summed E-state index contributed by atoms with van der Waals surface area (Å²) in [6, 6.07) is -0.634. The average molecular weight is 529 g/mol. The number of hydrogen-bond donors (Lipinski definition) is 2. The van der Waals surface area contributed by atoms with Gasteiger partial charge >= 0.3 is 18.2 Å². The summed E-state index contributed by atoms with van der Waals surface area (Å²) in [5, 5.41) is 5.74. The quantitative estimate of drug-likeness (QED) is 0.416. The van der Waals surface area contributed by atoms with Gasteiger partial charge in [0.05, 0.1) is 5.56 Å². The summed E-state index contributed by atoms with van der Waals surface area (Å²) >= 11 is 2.15. The Hall–Kier alpha value is -2.07. The van der Waals surface area contributed by atoms with E-state index in [0.717, 1.165) is 64.3 Å². The Labute approximate surface area is 211 Å². The molecular formula is C25H31F3N2O3S2. The van der Waals surface area contributed by atoms with E-state index in [1.807, 2.05) is 0 Å². The number of aryl methyl sites for hydroxylation is 1. The van der Waals surface area contributed by atoms with Gasteiger partial charge < -0.3 is 10.1 Å². The van der Waals surface area contributed by atoms with E-state index in [4.69, 9.17) is 4.74 Å². The number of alkyl halides is 3. The van der Waals surface area contributed by atoms with Gasteiger partial charge in [-0.3, -0.25) is 5.32 Å². The smallest absolute Gasteiger partial charge is 0.425 e. The highest BCUT2D eigenvalue weighted by Gasteiger charge is 2.38. The second kappa shape index (κ2) is 9.76. The molecule has 4 rings (SSSR count). The minimum atomic E-state index is -4.46. The average Bonchev–Trinajstić information content (AvgIpc) is 3.28. The highest BCUT2D eigenvalue weighted by molar-refractivity contribution is 7.17. The molecule has 0 saturated heterocycles. The zero-order chi connectivity index (χ0) is 25.5. The van der Waals surface area contributed by atoms with Crippen LogP contribution in [0.4, 0.5) is 23.0 Å². The number of anilines is 1. The number of amides is 2. The Bertz CT molecular complexity index is 1130. The Kier molecular flexibility index (Phi) is 7.26. The van der Waals surface area contributed by atoms with Crippen LogP contribution in [0.25, 0.3) is 0 Å². The number of urea groups is 1. The number of halogens is 3. The molecule has 0 aromatic carbocycles. The zero-order valence-electron chi connectivity index (χ0n) is 20.4. The third kappa shape index (κ3) is 5.85. The number of carbonyl (C=O) groups is 2. The standard InChI is InChI=1S/C25H31F3N2O3S2/c1-13-9-10-15-18(11-13)35-21(19(15)22(31)33-24(2,3)4)30-23(32)29-12-16-14-7-5-6-8-17(14)34-20(16)25(26,27)28/h13H,5-12H2,1-4H3,(H2,29,30,32). The zero-order valence-corrected chi connectivity index (χ0v) is 22.0. The lowest BCUT2D eigenvalue weighted by Gasteiger charge is -2.22. The van der Waals surface area contributed by atoms with Crippen molar-refractivity contribution in [2.45, 2.75) is 91.0 Å². The van der Waals surface area contributed by atoms with Crippen molar-refractivity contribution in [1.82, 2.24) is 5.32 Å². The second-order valence-electron chi connectivity index (χ2n) is 10.4. The lowest BCUT2D eigenvalue weighted by atomic mass is 9.88. The van der Waals surface area contributed by atoms with Gasteiger partial charge in [-0.2, -0.15) is 13.2 Å². The number of esters is 1. The fourth-order valence-corrected chi connectivity index (χ4v) is 7.42. The molecule has 1 atom stereocenters. The number of fused-ring (bicyclic) bond motifs is 2. The van der Waals surface area contributed by atoms with Crippen LogP contribution in [0.5, 0.6) is 0 Å². The molecule has 192 valence electrons. The van der Waals surface area contributed by atoms with E-state index in [1.165, 1.54) is 11.3 Å². The fourth-order valence-electron chi connectivity index (χ4n) is 4.75. The summed E-state index contributed by atoms with van der Waals surface area (Å²) < 4.78 is 46.6. The van der Waals surface area contributed by atoms with Crippen molar-refractivity contribution >= 4 is 39.7 Å². The van der Waals surface area contributed by atoms with E-state index in [1.54, 1.807) is 20.8 Å². The van der Waals surface area contributed by atoms with Crippen molar-refractivity contribution in [1.29, 1.82) is 0 Å². The first-order valence-corrected chi connectivity index (χ1v) is 13.6. The molecule has 35 heavy (non-hydrogen) atoms. The van der Waals surface area contributed by atoms with Crippen LogP contribution in [0.2, 0.25) is 0 Å². The molecule has 2 N–H and O–H groups in total. The van der Waals surface area contributed by atoms with Gasteiger partial charge in [0, 0.05) is 16.3 Å². The van der Waals surface area contributed by atoms with Crippen LogP contribution in [0.15, 0.2) is 0 Å². The van der Waals surface area contributed by atoms with E-state index >= 15 is 0 Å². The van der Waals surface area contributed by atoms with Crippen molar-refractivity contribution in [3.8, 4) is 0 Å². The lowest BCUT2D eigenvalue weighted by molar-refractivity contribution is -0.135. The second-order valence-corrected chi connectivity index (χ2v) is 12.6. The van der Waals surface area contributed by atoms with Crippen LogP contribution in [0.1, 0.15) is 88.6 Å².